The molecular formula is C12H8BrIN2O2S. The standard InChI is InChI=1S/C12H8BrIN2O2S/c13-6-10(17)16-9-2-1-7(14)5-8(9)11(18)12-15-3-4-19-12/h1-5H,6H2,(H,16,17). The summed E-state index contributed by atoms with van der Waals surface area (Å²) >= 11 is 6.48. The van der Waals surface area contributed by atoms with E-state index < -0.39 is 0 Å². The van der Waals surface area contributed by atoms with Gasteiger partial charge in [-0.25, -0.2) is 4.98 Å². The van der Waals surface area contributed by atoms with Crippen molar-refractivity contribution in [3.63, 3.8) is 0 Å². The van der Waals surface area contributed by atoms with Gasteiger partial charge in [0.15, 0.2) is 5.01 Å². The number of nitrogens with one attached hydrogen (secondary N) is 1. The summed E-state index contributed by atoms with van der Waals surface area (Å²) in [6.45, 7) is 0. The second-order valence-corrected chi connectivity index (χ2v) is 6.24. The Bertz CT molecular complexity index is 616. The number of aromatic nitrogens is 1. The third-order valence-electron chi connectivity index (χ3n) is 2.25. The summed E-state index contributed by atoms with van der Waals surface area (Å²) < 4.78 is 0.925. The first kappa shape index (κ1) is 14.6. The van der Waals surface area contributed by atoms with Crippen LogP contribution in [0.15, 0.2) is 29.8 Å². The Morgan fingerprint density at radius 1 is 1.42 bits per heavy atom. The van der Waals surface area contributed by atoms with Crippen LogP contribution < -0.4 is 5.32 Å². The van der Waals surface area contributed by atoms with Gasteiger partial charge in [-0.05, 0) is 40.8 Å². The summed E-state index contributed by atoms with van der Waals surface area (Å²) in [4.78, 5) is 27.8. The minimum Gasteiger partial charge on any atom is -0.325 e. The van der Waals surface area contributed by atoms with E-state index in [9.17, 15) is 9.59 Å². The molecule has 1 aromatic heterocycles. The van der Waals surface area contributed by atoms with E-state index in [0.717, 1.165) is 3.57 Å². The maximum Gasteiger partial charge on any atom is 0.235 e. The molecule has 98 valence electrons. The Hall–Kier alpha value is -0.800. The van der Waals surface area contributed by atoms with Gasteiger partial charge in [0, 0.05) is 20.7 Å². The van der Waals surface area contributed by atoms with Gasteiger partial charge >= 0.3 is 0 Å². The van der Waals surface area contributed by atoms with Gasteiger partial charge < -0.3 is 5.32 Å². The lowest BCUT2D eigenvalue weighted by Gasteiger charge is -2.09. The third-order valence-corrected chi connectivity index (χ3v) is 4.20. The van der Waals surface area contributed by atoms with Crippen LogP contribution in [0.25, 0.3) is 0 Å². The summed E-state index contributed by atoms with van der Waals surface area (Å²) in [5.41, 5.74) is 0.959. The van der Waals surface area contributed by atoms with Gasteiger partial charge in [0.1, 0.15) is 0 Å². The Labute approximate surface area is 135 Å². The molecule has 0 radical (unpaired) electrons. The highest BCUT2D eigenvalue weighted by Crippen LogP contribution is 2.23. The normalized spacial score (nSPS) is 10.2. The van der Waals surface area contributed by atoms with Crippen LogP contribution in [0.1, 0.15) is 15.4 Å². The van der Waals surface area contributed by atoms with Crippen LogP contribution in [0.5, 0.6) is 0 Å². The molecule has 0 aliphatic heterocycles. The maximum atomic E-state index is 12.3. The van der Waals surface area contributed by atoms with Crippen molar-refractivity contribution < 1.29 is 9.59 Å². The van der Waals surface area contributed by atoms with E-state index in [1.165, 1.54) is 11.3 Å². The van der Waals surface area contributed by atoms with Crippen molar-refractivity contribution in [3.05, 3.63) is 43.9 Å². The topological polar surface area (TPSA) is 59.1 Å². The number of alkyl halides is 1. The predicted molar refractivity (Wildman–Crippen MR) is 87.1 cm³/mol. The highest BCUT2D eigenvalue weighted by atomic mass is 127. The Morgan fingerprint density at radius 3 is 2.84 bits per heavy atom. The number of hydrogen-bond acceptors (Lipinski definition) is 4. The molecule has 2 aromatic rings. The van der Waals surface area contributed by atoms with Gasteiger partial charge in [0.25, 0.3) is 0 Å². The number of benzene rings is 1. The van der Waals surface area contributed by atoms with Crippen molar-refractivity contribution in [3.8, 4) is 0 Å². The average Bonchev–Trinajstić information content (AvgIpc) is 2.93. The van der Waals surface area contributed by atoms with Crippen LogP contribution >= 0.6 is 49.9 Å². The number of rotatable bonds is 4. The van der Waals surface area contributed by atoms with Crippen molar-refractivity contribution >= 4 is 67.2 Å². The number of halogens is 2. The molecule has 0 spiro atoms. The Morgan fingerprint density at radius 2 is 2.21 bits per heavy atom. The zero-order valence-corrected chi connectivity index (χ0v) is 14.1. The third kappa shape index (κ3) is 3.61. The van der Waals surface area contributed by atoms with Crippen LogP contribution in [0, 0.1) is 3.57 Å². The lowest BCUT2D eigenvalue weighted by molar-refractivity contribution is -0.113. The van der Waals surface area contributed by atoms with Gasteiger partial charge in [-0.3, -0.25) is 9.59 Å². The molecule has 1 amide bonds. The van der Waals surface area contributed by atoms with Crippen LogP contribution in [0.4, 0.5) is 5.69 Å². The van der Waals surface area contributed by atoms with Crippen LogP contribution in [-0.2, 0) is 4.79 Å². The van der Waals surface area contributed by atoms with Crippen molar-refractivity contribution in [2.75, 3.05) is 10.6 Å². The summed E-state index contributed by atoms with van der Waals surface area (Å²) in [6.07, 6.45) is 1.59. The highest BCUT2D eigenvalue weighted by molar-refractivity contribution is 14.1. The van der Waals surface area contributed by atoms with E-state index in [2.05, 4.69) is 48.8 Å². The molecule has 0 saturated carbocycles. The number of carbonyl (C=O) groups is 2. The fourth-order valence-corrected chi connectivity index (χ4v) is 2.67. The molecule has 7 heteroatoms. The molecule has 1 aromatic carbocycles. The molecule has 4 nitrogen and oxygen atoms in total. The largest absolute Gasteiger partial charge is 0.325 e. The SMILES string of the molecule is O=C(CBr)Nc1ccc(I)cc1C(=O)c1nccs1. The second kappa shape index (κ2) is 6.58. The first-order chi connectivity index (χ1) is 9.11. The van der Waals surface area contributed by atoms with E-state index in [0.29, 0.717) is 16.3 Å². The van der Waals surface area contributed by atoms with Crippen LogP contribution in [0.3, 0.4) is 0 Å². The first-order valence-electron chi connectivity index (χ1n) is 5.21. The summed E-state index contributed by atoms with van der Waals surface area (Å²) in [7, 11) is 0. The van der Waals surface area contributed by atoms with Crippen LogP contribution in [-0.4, -0.2) is 22.0 Å². The minimum atomic E-state index is -0.200. The van der Waals surface area contributed by atoms with Gasteiger partial charge in [0.2, 0.25) is 11.7 Å². The summed E-state index contributed by atoms with van der Waals surface area (Å²) in [6, 6.07) is 5.31. The number of ketones is 1. The smallest absolute Gasteiger partial charge is 0.235 e. The van der Waals surface area contributed by atoms with E-state index in [-0.39, 0.29) is 17.0 Å². The maximum absolute atomic E-state index is 12.3. The molecule has 1 N–H and O–H groups in total. The molecule has 0 saturated heterocycles. The molecule has 0 aliphatic rings. The number of nitrogens with zero attached hydrogens (tertiary/aromatic N) is 1. The zero-order chi connectivity index (χ0) is 13.8. The molecule has 0 bridgehead atoms. The van der Waals surface area contributed by atoms with Gasteiger partial charge in [0.05, 0.1) is 11.0 Å². The molecule has 0 unspecified atom stereocenters. The zero-order valence-electron chi connectivity index (χ0n) is 9.52. The van der Waals surface area contributed by atoms with E-state index in [1.807, 2.05) is 6.07 Å². The Balaban J connectivity index is 2.40. The highest BCUT2D eigenvalue weighted by Gasteiger charge is 2.17. The minimum absolute atomic E-state index is 0.182. The molecule has 0 atom stereocenters. The number of amides is 1. The number of anilines is 1. The summed E-state index contributed by atoms with van der Waals surface area (Å²) in [5, 5.41) is 5.04. The van der Waals surface area contributed by atoms with Crippen molar-refractivity contribution in [2.24, 2.45) is 0 Å². The fraction of sp³-hybridized carbons (Fsp3) is 0.0833. The molecule has 2 rings (SSSR count). The van der Waals surface area contributed by atoms with Crippen LogP contribution in [0.2, 0.25) is 0 Å². The molecule has 0 aliphatic carbocycles. The number of thiazole rings is 1. The Kier molecular flexibility index (Phi) is 5.06. The van der Waals surface area contributed by atoms with Crippen molar-refractivity contribution in [1.82, 2.24) is 4.98 Å². The number of carbonyl (C=O) groups excluding carboxylic acids is 2. The molecule has 1 heterocycles. The van der Waals surface area contributed by atoms with Crippen molar-refractivity contribution in [1.29, 1.82) is 0 Å². The van der Waals surface area contributed by atoms with Crippen molar-refractivity contribution in [2.45, 2.75) is 0 Å². The lowest BCUT2D eigenvalue weighted by atomic mass is 10.1. The van der Waals surface area contributed by atoms with Gasteiger partial charge in [-0.15, -0.1) is 11.3 Å². The van der Waals surface area contributed by atoms with Gasteiger partial charge in [-0.2, -0.15) is 0 Å². The quantitative estimate of drug-likeness (QED) is 0.441. The fourth-order valence-electron chi connectivity index (χ4n) is 1.45. The average molecular weight is 451 g/mol. The molecular weight excluding hydrogens is 443 g/mol. The van der Waals surface area contributed by atoms with E-state index in [4.69, 9.17) is 0 Å². The second-order valence-electron chi connectivity index (χ2n) is 3.54. The van der Waals surface area contributed by atoms with Gasteiger partial charge in [-0.1, -0.05) is 15.9 Å². The number of hydrogen-bond donors (Lipinski definition) is 1. The molecule has 0 fully saturated rings. The summed E-state index contributed by atoms with van der Waals surface area (Å²) in [5.74, 6) is -0.382. The molecule has 19 heavy (non-hydrogen) atoms. The van der Waals surface area contributed by atoms with E-state index in [1.54, 1.807) is 23.7 Å². The first-order valence-corrected chi connectivity index (χ1v) is 8.29. The lowest BCUT2D eigenvalue weighted by Crippen LogP contribution is -2.15. The van der Waals surface area contributed by atoms with E-state index >= 15 is 0 Å². The monoisotopic (exact) mass is 450 g/mol. The predicted octanol–water partition coefficient (Wildman–Crippen LogP) is 3.31.